The van der Waals surface area contributed by atoms with Crippen molar-refractivity contribution in [3.63, 3.8) is 0 Å². The lowest BCUT2D eigenvalue weighted by atomic mass is 9.96. The van der Waals surface area contributed by atoms with Crippen LogP contribution in [0.5, 0.6) is 0 Å². The van der Waals surface area contributed by atoms with Crippen molar-refractivity contribution < 1.29 is 43.5 Å². The summed E-state index contributed by atoms with van der Waals surface area (Å²) in [6.07, 6.45) is 13.0. The van der Waals surface area contributed by atoms with Crippen LogP contribution in [-0.2, 0) is 36.2 Å². The van der Waals surface area contributed by atoms with E-state index in [1.165, 1.54) is 0 Å². The molecule has 0 amide bonds. The number of imidazole rings is 2. The summed E-state index contributed by atoms with van der Waals surface area (Å²) in [5, 5.41) is 42.1. The van der Waals surface area contributed by atoms with Crippen LogP contribution in [-0.4, -0.2) is 183 Å². The van der Waals surface area contributed by atoms with Crippen LogP contribution in [0.4, 0.5) is 0 Å². The van der Waals surface area contributed by atoms with E-state index in [0.717, 1.165) is 57.4 Å². The molecule has 15 nitrogen and oxygen atoms in total. The third-order valence-corrected chi connectivity index (χ3v) is 17.3. The van der Waals surface area contributed by atoms with Crippen molar-refractivity contribution in [2.24, 2.45) is 5.41 Å². The maximum absolute atomic E-state index is 11.0. The zero-order valence-electron chi connectivity index (χ0n) is 37.3. The summed E-state index contributed by atoms with van der Waals surface area (Å²) in [4.78, 5) is 12.4. The van der Waals surface area contributed by atoms with Gasteiger partial charge in [-0.3, -0.25) is 4.90 Å². The Bertz CT molecular complexity index is 1260. The quantitative estimate of drug-likeness (QED) is 0.0570. The number of nitrogens with zero attached hydrogens (tertiary/aromatic N) is 6. The molecular formula is C41H82N6O9Si2. The minimum absolute atomic E-state index is 0.165. The lowest BCUT2D eigenvalue weighted by Crippen LogP contribution is -2.44. The van der Waals surface area contributed by atoms with Gasteiger partial charge in [0.05, 0.1) is 76.7 Å². The lowest BCUT2D eigenvalue weighted by Gasteiger charge is -2.34. The Morgan fingerprint density at radius 1 is 0.638 bits per heavy atom. The van der Waals surface area contributed by atoms with E-state index in [1.54, 1.807) is 18.7 Å². The number of hydrogen-bond donors (Lipinski definition) is 4. The maximum atomic E-state index is 11.0. The second kappa shape index (κ2) is 28.8. The SMILES string of the molecule is CCC(O)COCCC[Si](C)(C)O[Si](C)(C)CCCOCC(O)CN(CCCn1ccnc1)CC(O)COCC(C)(C)COCC(O)CN(C)CCCn1ccnc1. The molecule has 2 aromatic rings. The summed E-state index contributed by atoms with van der Waals surface area (Å²) in [6.45, 7) is 22.7. The second-order valence-corrected chi connectivity index (χ2v) is 26.9. The minimum Gasteiger partial charge on any atom is -0.455 e. The number of aromatic nitrogens is 4. The van der Waals surface area contributed by atoms with E-state index in [4.69, 9.17) is 23.1 Å². The average molecular weight is 859 g/mol. The number of aryl methyl sites for hydroxylation is 2. The van der Waals surface area contributed by atoms with Crippen molar-refractivity contribution >= 4 is 16.6 Å². The van der Waals surface area contributed by atoms with Gasteiger partial charge in [0.25, 0.3) is 0 Å². The minimum atomic E-state index is -1.88. The lowest BCUT2D eigenvalue weighted by molar-refractivity contribution is -0.0545. The molecule has 0 aliphatic rings. The summed E-state index contributed by atoms with van der Waals surface area (Å²) in [5.41, 5.74) is -0.300. The molecule has 4 unspecified atom stereocenters. The zero-order chi connectivity index (χ0) is 42.9. The molecule has 0 saturated heterocycles. The largest absolute Gasteiger partial charge is 0.455 e. The number of aliphatic hydroxyl groups excluding tert-OH is 4. The smallest absolute Gasteiger partial charge is 0.173 e. The second-order valence-electron chi connectivity index (χ2n) is 18.0. The van der Waals surface area contributed by atoms with Gasteiger partial charge in [-0.1, -0.05) is 20.8 Å². The van der Waals surface area contributed by atoms with Gasteiger partial charge in [-0.25, -0.2) is 9.97 Å². The number of aliphatic hydroxyl groups is 4. The van der Waals surface area contributed by atoms with E-state index in [9.17, 15) is 20.4 Å². The summed E-state index contributed by atoms with van der Waals surface area (Å²) in [7, 11) is -1.71. The predicted molar refractivity (Wildman–Crippen MR) is 234 cm³/mol. The fourth-order valence-electron chi connectivity index (χ4n) is 6.89. The molecule has 2 heterocycles. The summed E-state index contributed by atoms with van der Waals surface area (Å²) in [6, 6.07) is 2.02. The average Bonchev–Trinajstić information content (AvgIpc) is 3.85. The molecule has 2 aromatic heterocycles. The molecule has 0 aliphatic heterocycles. The first-order valence-electron chi connectivity index (χ1n) is 21.5. The van der Waals surface area contributed by atoms with Crippen LogP contribution in [0.25, 0.3) is 0 Å². The first kappa shape index (κ1) is 52.6. The van der Waals surface area contributed by atoms with Crippen LogP contribution in [0.2, 0.25) is 38.3 Å². The van der Waals surface area contributed by atoms with Crippen LogP contribution in [0.1, 0.15) is 52.9 Å². The van der Waals surface area contributed by atoms with Crippen LogP contribution < -0.4 is 0 Å². The van der Waals surface area contributed by atoms with E-state index >= 15 is 0 Å². The highest BCUT2D eigenvalue weighted by molar-refractivity contribution is 6.84. The number of hydrogen-bond acceptors (Lipinski definition) is 13. The van der Waals surface area contributed by atoms with Crippen molar-refractivity contribution in [2.45, 2.75) is 129 Å². The van der Waals surface area contributed by atoms with Gasteiger partial charge in [0.1, 0.15) is 0 Å². The molecule has 0 spiro atoms. The molecule has 0 fully saturated rings. The van der Waals surface area contributed by atoms with Crippen LogP contribution in [0, 0.1) is 5.41 Å². The van der Waals surface area contributed by atoms with Crippen molar-refractivity contribution in [1.82, 2.24) is 28.9 Å². The fourth-order valence-corrected chi connectivity index (χ4v) is 15.7. The highest BCUT2D eigenvalue weighted by atomic mass is 28.4. The fraction of sp³-hybridized carbons (Fsp3) is 0.854. The van der Waals surface area contributed by atoms with Gasteiger partial charge in [-0.15, -0.1) is 0 Å². The molecule has 0 bridgehead atoms. The molecule has 0 aliphatic carbocycles. The zero-order valence-corrected chi connectivity index (χ0v) is 39.3. The van der Waals surface area contributed by atoms with Gasteiger partial charge in [0, 0.05) is 82.7 Å². The Morgan fingerprint density at radius 2 is 1.09 bits per heavy atom. The highest BCUT2D eigenvalue weighted by Crippen LogP contribution is 2.24. The Labute approximate surface area is 352 Å². The number of rotatable bonds is 37. The summed E-state index contributed by atoms with van der Waals surface area (Å²) in [5.74, 6) is 0. The van der Waals surface area contributed by atoms with Gasteiger partial charge in [-0.2, -0.15) is 0 Å². The maximum Gasteiger partial charge on any atom is 0.173 e. The van der Waals surface area contributed by atoms with Crippen LogP contribution in [0.15, 0.2) is 37.4 Å². The topological polar surface area (TPSA) is 169 Å². The first-order valence-corrected chi connectivity index (χ1v) is 27.8. The number of likely N-dealkylation sites (N-methyl/N-ethyl adjacent to an activating group) is 1. The standard InChI is InChI=1S/C41H82N6O9Si2/c1-9-37(48)29-52-22-12-24-57(5,6)56-58(7,8)25-13-23-53-30-39(50)27-47(19-11-18-46-21-15-43-36-46)28-40(51)32-55-34-41(2,3)33-54-31-38(49)26-44(4)16-10-17-45-20-14-42-35-45/h14-15,20-21,35-40,48-51H,9-13,16-19,22-34H2,1-8H3. The van der Waals surface area contributed by atoms with Crippen molar-refractivity contribution in [3.05, 3.63) is 37.4 Å². The molecule has 4 atom stereocenters. The highest BCUT2D eigenvalue weighted by Gasteiger charge is 2.32. The van der Waals surface area contributed by atoms with E-state index in [0.29, 0.717) is 65.6 Å². The van der Waals surface area contributed by atoms with Gasteiger partial charge >= 0.3 is 0 Å². The molecule has 0 radical (unpaired) electrons. The summed E-state index contributed by atoms with van der Waals surface area (Å²) >= 11 is 0. The Kier molecular flexibility index (Phi) is 26.1. The Balaban J connectivity index is 1.68. The van der Waals surface area contributed by atoms with Gasteiger partial charge in [0.2, 0.25) is 0 Å². The van der Waals surface area contributed by atoms with Crippen molar-refractivity contribution in [1.29, 1.82) is 0 Å². The third kappa shape index (κ3) is 26.6. The number of ether oxygens (including phenoxy) is 4. The van der Waals surface area contributed by atoms with Gasteiger partial charge in [0.15, 0.2) is 16.6 Å². The van der Waals surface area contributed by atoms with Crippen molar-refractivity contribution in [3.8, 4) is 0 Å². The molecule has 2 rings (SSSR count). The van der Waals surface area contributed by atoms with E-state index < -0.39 is 34.9 Å². The van der Waals surface area contributed by atoms with Crippen molar-refractivity contribution in [2.75, 3.05) is 92.6 Å². The Morgan fingerprint density at radius 3 is 1.55 bits per heavy atom. The monoisotopic (exact) mass is 859 g/mol. The van der Waals surface area contributed by atoms with E-state index in [2.05, 4.69) is 46.0 Å². The Hall–Kier alpha value is -1.59. The molecular weight excluding hydrogens is 777 g/mol. The molecule has 58 heavy (non-hydrogen) atoms. The van der Waals surface area contributed by atoms with Crippen LogP contribution >= 0.6 is 0 Å². The summed E-state index contributed by atoms with van der Waals surface area (Å²) < 4.78 is 34.2. The van der Waals surface area contributed by atoms with Crippen LogP contribution in [0.3, 0.4) is 0 Å². The van der Waals surface area contributed by atoms with Gasteiger partial charge in [-0.05, 0) is 84.0 Å². The first-order chi connectivity index (χ1) is 27.5. The van der Waals surface area contributed by atoms with E-state index in [1.807, 2.05) is 55.7 Å². The predicted octanol–water partition coefficient (Wildman–Crippen LogP) is 3.95. The molecule has 338 valence electrons. The molecule has 0 aromatic carbocycles. The van der Waals surface area contributed by atoms with Gasteiger partial charge < -0.3 is 57.5 Å². The molecule has 17 heteroatoms. The molecule has 4 N–H and O–H groups in total. The molecule has 0 saturated carbocycles. The third-order valence-electron chi connectivity index (χ3n) is 9.81. The van der Waals surface area contributed by atoms with E-state index in [-0.39, 0.29) is 31.3 Å². The normalized spacial score (nSPS) is 15.1.